The van der Waals surface area contributed by atoms with Crippen molar-refractivity contribution in [2.75, 3.05) is 0 Å². The predicted molar refractivity (Wildman–Crippen MR) is 135 cm³/mol. The SMILES string of the molecule is C[C@H]1C(=O)C(C#N)=C[C@@]2(C)c3nc(-c4cnc5ccccc5c4)nc(-c4ccccc4F)c3CC[C@H]12. The molecule has 0 amide bonds. The molecule has 0 N–H and O–H groups in total. The minimum atomic E-state index is -0.659. The van der Waals surface area contributed by atoms with E-state index in [-0.39, 0.29) is 29.0 Å². The van der Waals surface area contributed by atoms with Crippen LogP contribution in [0.4, 0.5) is 4.39 Å². The third-order valence-corrected chi connectivity index (χ3v) is 7.82. The smallest absolute Gasteiger partial charge is 0.176 e. The molecule has 0 saturated heterocycles. The van der Waals surface area contributed by atoms with Gasteiger partial charge in [-0.25, -0.2) is 14.4 Å². The maximum Gasteiger partial charge on any atom is 0.176 e. The Balaban J connectivity index is 1.65. The largest absolute Gasteiger partial charge is 0.293 e. The number of benzene rings is 2. The van der Waals surface area contributed by atoms with Crippen molar-refractivity contribution in [1.82, 2.24) is 15.0 Å². The molecule has 2 aliphatic carbocycles. The molecule has 0 fully saturated rings. The van der Waals surface area contributed by atoms with Crippen LogP contribution in [-0.4, -0.2) is 20.7 Å². The summed E-state index contributed by atoms with van der Waals surface area (Å²) in [6, 6.07) is 18.5. The first kappa shape index (κ1) is 22.2. The lowest BCUT2D eigenvalue weighted by Gasteiger charge is -2.45. The molecule has 36 heavy (non-hydrogen) atoms. The Morgan fingerprint density at radius 1 is 1.11 bits per heavy atom. The number of nitriles is 1. The standard InChI is InChI=1S/C30H23FN4O/c1-17-23-12-11-22-26(21-8-4-5-9-24(21)31)34-29(19-13-18-7-3-6-10-25(18)33-16-19)35-28(22)30(23,2)14-20(15-32)27(17)36/h3-10,13-14,16-17,23H,11-12H2,1-2H3/t17-,23-,30-/m1/s1. The zero-order chi connectivity index (χ0) is 25.0. The van der Waals surface area contributed by atoms with E-state index in [4.69, 9.17) is 9.97 Å². The number of aromatic nitrogens is 3. The molecular formula is C30H23FN4O. The van der Waals surface area contributed by atoms with Gasteiger partial charge in [0.15, 0.2) is 11.6 Å². The van der Waals surface area contributed by atoms with E-state index in [2.05, 4.69) is 11.1 Å². The lowest BCUT2D eigenvalue weighted by molar-refractivity contribution is -0.121. The summed E-state index contributed by atoms with van der Waals surface area (Å²) in [5.74, 6) is -0.343. The third-order valence-electron chi connectivity index (χ3n) is 7.82. The number of nitrogens with zero attached hydrogens (tertiary/aromatic N) is 4. The van der Waals surface area contributed by atoms with Crippen molar-refractivity contribution in [3.8, 4) is 28.7 Å². The molecule has 2 aliphatic rings. The van der Waals surface area contributed by atoms with Gasteiger partial charge in [0.05, 0.1) is 22.5 Å². The average molecular weight is 475 g/mol. The number of Topliss-reactive ketones (excluding diaryl/α,β-unsaturated/α-hetero) is 1. The molecule has 3 atom stereocenters. The zero-order valence-electron chi connectivity index (χ0n) is 20.0. The molecule has 0 saturated carbocycles. The Hall–Kier alpha value is -4.24. The molecule has 4 aromatic rings. The fraction of sp³-hybridized carbons (Fsp3) is 0.233. The molecule has 6 heteroatoms. The van der Waals surface area contributed by atoms with Gasteiger partial charge < -0.3 is 0 Å². The van der Waals surface area contributed by atoms with Crippen LogP contribution in [0.25, 0.3) is 33.5 Å². The summed E-state index contributed by atoms with van der Waals surface area (Å²) in [5.41, 5.74) is 3.68. The maximum atomic E-state index is 15.1. The van der Waals surface area contributed by atoms with Crippen LogP contribution in [0.15, 0.2) is 72.4 Å². The van der Waals surface area contributed by atoms with Gasteiger partial charge in [-0.05, 0) is 43.0 Å². The molecule has 0 bridgehead atoms. The van der Waals surface area contributed by atoms with Crippen molar-refractivity contribution >= 4 is 16.7 Å². The van der Waals surface area contributed by atoms with Crippen LogP contribution in [0.3, 0.4) is 0 Å². The Bertz CT molecular complexity index is 1640. The molecular weight excluding hydrogens is 451 g/mol. The minimum absolute atomic E-state index is 0.0134. The second-order valence-corrected chi connectivity index (χ2v) is 9.87. The molecule has 0 aliphatic heterocycles. The highest BCUT2D eigenvalue weighted by atomic mass is 19.1. The Kier molecular flexibility index (Phi) is 5.04. The first-order chi connectivity index (χ1) is 17.4. The molecule has 0 radical (unpaired) electrons. The average Bonchev–Trinajstić information content (AvgIpc) is 2.90. The Morgan fingerprint density at radius 2 is 1.89 bits per heavy atom. The van der Waals surface area contributed by atoms with Gasteiger partial charge in [0, 0.05) is 39.6 Å². The van der Waals surface area contributed by atoms with Gasteiger partial charge in [-0.15, -0.1) is 0 Å². The first-order valence-corrected chi connectivity index (χ1v) is 12.1. The number of allylic oxidation sites excluding steroid dienone is 2. The van der Waals surface area contributed by atoms with Crippen molar-refractivity contribution < 1.29 is 9.18 Å². The molecule has 176 valence electrons. The highest BCUT2D eigenvalue weighted by Crippen LogP contribution is 2.51. The molecule has 6 rings (SSSR count). The quantitative estimate of drug-likeness (QED) is 0.357. The van der Waals surface area contributed by atoms with E-state index in [1.54, 1.807) is 30.5 Å². The highest BCUT2D eigenvalue weighted by molar-refractivity contribution is 6.02. The first-order valence-electron chi connectivity index (χ1n) is 12.1. The van der Waals surface area contributed by atoms with Crippen LogP contribution < -0.4 is 0 Å². The number of hydrogen-bond acceptors (Lipinski definition) is 5. The summed E-state index contributed by atoms with van der Waals surface area (Å²) in [6.07, 6.45) is 4.87. The van der Waals surface area contributed by atoms with Crippen LogP contribution in [-0.2, 0) is 16.6 Å². The number of halogens is 1. The Morgan fingerprint density at radius 3 is 2.69 bits per heavy atom. The molecule has 2 aromatic heterocycles. The summed E-state index contributed by atoms with van der Waals surface area (Å²) < 4.78 is 15.1. The lowest BCUT2D eigenvalue weighted by atomic mass is 9.57. The number of para-hydroxylation sites is 1. The lowest BCUT2D eigenvalue weighted by Crippen LogP contribution is -2.46. The van der Waals surface area contributed by atoms with Gasteiger partial charge in [0.25, 0.3) is 0 Å². The normalized spacial score (nSPS) is 22.9. The predicted octanol–water partition coefficient (Wildman–Crippen LogP) is 5.99. The van der Waals surface area contributed by atoms with E-state index in [1.165, 1.54) is 6.07 Å². The van der Waals surface area contributed by atoms with E-state index < -0.39 is 5.41 Å². The van der Waals surface area contributed by atoms with Gasteiger partial charge >= 0.3 is 0 Å². The van der Waals surface area contributed by atoms with Crippen LogP contribution in [0.1, 0.15) is 31.5 Å². The number of pyridine rings is 1. The van der Waals surface area contributed by atoms with Crippen molar-refractivity contribution in [2.24, 2.45) is 11.8 Å². The molecule has 0 spiro atoms. The maximum absolute atomic E-state index is 15.1. The fourth-order valence-electron chi connectivity index (χ4n) is 5.97. The van der Waals surface area contributed by atoms with E-state index >= 15 is 4.39 Å². The second kappa shape index (κ2) is 8.17. The van der Waals surface area contributed by atoms with Crippen molar-refractivity contribution in [1.29, 1.82) is 5.26 Å². The minimum Gasteiger partial charge on any atom is -0.293 e. The summed E-state index contributed by atoms with van der Waals surface area (Å²) in [7, 11) is 0. The number of rotatable bonds is 2. The fourth-order valence-corrected chi connectivity index (χ4v) is 5.97. The molecule has 5 nitrogen and oxygen atoms in total. The Labute approximate surface area is 208 Å². The van der Waals surface area contributed by atoms with Gasteiger partial charge in [-0.3, -0.25) is 9.78 Å². The van der Waals surface area contributed by atoms with E-state index in [1.807, 2.05) is 44.2 Å². The van der Waals surface area contributed by atoms with Crippen LogP contribution in [0.2, 0.25) is 0 Å². The van der Waals surface area contributed by atoms with Crippen LogP contribution >= 0.6 is 0 Å². The molecule has 2 heterocycles. The summed E-state index contributed by atoms with van der Waals surface area (Å²) in [5, 5.41) is 10.7. The number of ketones is 1. The zero-order valence-corrected chi connectivity index (χ0v) is 20.0. The number of carbonyl (C=O) groups excluding carboxylic acids is 1. The van der Waals surface area contributed by atoms with Crippen LogP contribution in [0.5, 0.6) is 0 Å². The van der Waals surface area contributed by atoms with Crippen molar-refractivity contribution in [2.45, 2.75) is 32.1 Å². The third kappa shape index (κ3) is 3.27. The second-order valence-electron chi connectivity index (χ2n) is 9.87. The summed E-state index contributed by atoms with van der Waals surface area (Å²) in [6.45, 7) is 3.93. The van der Waals surface area contributed by atoms with Gasteiger partial charge in [-0.2, -0.15) is 5.26 Å². The summed E-state index contributed by atoms with van der Waals surface area (Å²) >= 11 is 0. The number of carbonyl (C=O) groups is 1. The van der Waals surface area contributed by atoms with Gasteiger partial charge in [-0.1, -0.05) is 50.3 Å². The molecule has 0 unspecified atom stereocenters. The van der Waals surface area contributed by atoms with Crippen LogP contribution in [0, 0.1) is 29.0 Å². The monoisotopic (exact) mass is 474 g/mol. The number of hydrogen-bond donors (Lipinski definition) is 0. The van der Waals surface area contributed by atoms with E-state index in [0.29, 0.717) is 23.5 Å². The van der Waals surface area contributed by atoms with Gasteiger partial charge in [0.1, 0.15) is 11.9 Å². The summed E-state index contributed by atoms with van der Waals surface area (Å²) in [4.78, 5) is 27.4. The molecule has 2 aromatic carbocycles. The van der Waals surface area contributed by atoms with Crippen molar-refractivity contribution in [3.63, 3.8) is 0 Å². The van der Waals surface area contributed by atoms with E-state index in [0.717, 1.165) is 34.1 Å². The number of fused-ring (bicyclic) bond motifs is 4. The highest BCUT2D eigenvalue weighted by Gasteiger charge is 2.49. The topological polar surface area (TPSA) is 79.5 Å². The van der Waals surface area contributed by atoms with E-state index in [9.17, 15) is 10.1 Å². The van der Waals surface area contributed by atoms with Gasteiger partial charge in [0.2, 0.25) is 0 Å². The van der Waals surface area contributed by atoms with Crippen molar-refractivity contribution in [3.05, 3.63) is 89.5 Å².